The van der Waals surface area contributed by atoms with E-state index in [1.807, 2.05) is 34.6 Å². The second-order valence-corrected chi connectivity index (χ2v) is 6.61. The number of amides is 1. The van der Waals surface area contributed by atoms with Gasteiger partial charge in [0.15, 0.2) is 5.79 Å². The molecule has 0 bridgehead atoms. The maximum atomic E-state index is 12.1. The monoisotopic (exact) mass is 269 g/mol. The Morgan fingerprint density at radius 1 is 1.42 bits per heavy atom. The van der Waals surface area contributed by atoms with Crippen LogP contribution in [-0.2, 0) is 14.2 Å². The Bertz CT molecular complexity index is 397. The molecule has 2 atom stereocenters. The van der Waals surface area contributed by atoms with E-state index in [4.69, 9.17) is 14.2 Å². The van der Waals surface area contributed by atoms with Crippen LogP contribution < -0.4 is 0 Å². The molecule has 0 aromatic carbocycles. The lowest BCUT2D eigenvalue weighted by molar-refractivity contribution is -0.143. The van der Waals surface area contributed by atoms with Crippen molar-refractivity contribution in [2.24, 2.45) is 0 Å². The standard InChI is InChI=1S/C14H23NO4/c1-9-7-15(12(16)19-13(2,3)4)8-10-11(9)18-14(5,6)17-10/h10-11H,1,7-8H2,2-6H3/t10-,11+/m0/s1. The Morgan fingerprint density at radius 2 is 2.05 bits per heavy atom. The van der Waals surface area contributed by atoms with Crippen LogP contribution in [0.25, 0.3) is 0 Å². The summed E-state index contributed by atoms with van der Waals surface area (Å²) in [6.45, 7) is 14.2. The number of likely N-dealkylation sites (tertiary alicyclic amines) is 1. The van der Waals surface area contributed by atoms with Crippen molar-refractivity contribution in [1.29, 1.82) is 0 Å². The quantitative estimate of drug-likeness (QED) is 0.633. The maximum absolute atomic E-state index is 12.1. The van der Waals surface area contributed by atoms with Crippen LogP contribution >= 0.6 is 0 Å². The zero-order chi connectivity index (χ0) is 14.4. The van der Waals surface area contributed by atoms with E-state index in [0.717, 1.165) is 5.57 Å². The van der Waals surface area contributed by atoms with Gasteiger partial charge in [-0.25, -0.2) is 4.79 Å². The Kier molecular flexibility index (Phi) is 3.39. The van der Waals surface area contributed by atoms with E-state index in [-0.39, 0.29) is 18.3 Å². The first kappa shape index (κ1) is 14.3. The zero-order valence-electron chi connectivity index (χ0n) is 12.4. The molecule has 0 N–H and O–H groups in total. The van der Waals surface area contributed by atoms with Crippen molar-refractivity contribution in [2.45, 2.75) is 58.2 Å². The van der Waals surface area contributed by atoms with Gasteiger partial charge in [0.2, 0.25) is 0 Å². The molecule has 2 aliphatic heterocycles. The summed E-state index contributed by atoms with van der Waals surface area (Å²) in [4.78, 5) is 13.7. The molecule has 5 nitrogen and oxygen atoms in total. The lowest BCUT2D eigenvalue weighted by Gasteiger charge is -2.35. The predicted octanol–water partition coefficient (Wildman–Crippen LogP) is 2.31. The Labute approximate surface area is 114 Å². The molecule has 19 heavy (non-hydrogen) atoms. The van der Waals surface area contributed by atoms with Crippen LogP contribution in [0.4, 0.5) is 4.79 Å². The van der Waals surface area contributed by atoms with Gasteiger partial charge in [0, 0.05) is 6.54 Å². The summed E-state index contributed by atoms with van der Waals surface area (Å²) in [5.74, 6) is -0.623. The molecule has 0 unspecified atom stereocenters. The summed E-state index contributed by atoms with van der Waals surface area (Å²) in [7, 11) is 0. The summed E-state index contributed by atoms with van der Waals surface area (Å²) in [6, 6.07) is 0. The van der Waals surface area contributed by atoms with Crippen LogP contribution in [0.2, 0.25) is 0 Å². The maximum Gasteiger partial charge on any atom is 0.410 e. The molecule has 0 aromatic rings. The minimum atomic E-state index is -0.623. The van der Waals surface area contributed by atoms with Crippen LogP contribution in [-0.4, -0.2) is 47.7 Å². The largest absolute Gasteiger partial charge is 0.444 e. The average molecular weight is 269 g/mol. The van der Waals surface area contributed by atoms with E-state index >= 15 is 0 Å². The minimum Gasteiger partial charge on any atom is -0.444 e. The number of carbonyl (C=O) groups is 1. The fraction of sp³-hybridized carbons (Fsp3) is 0.786. The minimum absolute atomic E-state index is 0.131. The highest BCUT2D eigenvalue weighted by Crippen LogP contribution is 2.35. The fourth-order valence-corrected chi connectivity index (χ4v) is 2.40. The number of hydrogen-bond donors (Lipinski definition) is 0. The van der Waals surface area contributed by atoms with Gasteiger partial charge in [0.05, 0.1) is 6.54 Å². The van der Waals surface area contributed by atoms with Gasteiger partial charge in [-0.2, -0.15) is 0 Å². The molecule has 2 fully saturated rings. The second-order valence-electron chi connectivity index (χ2n) is 6.61. The predicted molar refractivity (Wildman–Crippen MR) is 70.8 cm³/mol. The van der Waals surface area contributed by atoms with E-state index < -0.39 is 11.4 Å². The van der Waals surface area contributed by atoms with Gasteiger partial charge in [0.25, 0.3) is 0 Å². The van der Waals surface area contributed by atoms with Crippen molar-refractivity contribution in [2.75, 3.05) is 13.1 Å². The summed E-state index contributed by atoms with van der Waals surface area (Å²) >= 11 is 0. The number of fused-ring (bicyclic) bond motifs is 1. The van der Waals surface area contributed by atoms with Gasteiger partial charge in [-0.15, -0.1) is 0 Å². The van der Waals surface area contributed by atoms with Gasteiger partial charge in [-0.05, 0) is 40.2 Å². The van der Waals surface area contributed by atoms with Crippen molar-refractivity contribution in [3.05, 3.63) is 12.2 Å². The first-order valence-corrected chi connectivity index (χ1v) is 6.59. The summed E-state index contributed by atoms with van der Waals surface area (Å²) in [5.41, 5.74) is 0.356. The highest BCUT2D eigenvalue weighted by molar-refractivity contribution is 5.69. The molecular formula is C14H23NO4. The molecule has 0 radical (unpaired) electrons. The molecule has 0 saturated carbocycles. The van der Waals surface area contributed by atoms with E-state index in [2.05, 4.69) is 6.58 Å². The highest BCUT2D eigenvalue weighted by atomic mass is 16.8. The Morgan fingerprint density at radius 3 is 2.63 bits per heavy atom. The molecule has 2 saturated heterocycles. The number of hydrogen-bond acceptors (Lipinski definition) is 4. The first-order valence-electron chi connectivity index (χ1n) is 6.59. The van der Waals surface area contributed by atoms with Crippen LogP contribution in [0.15, 0.2) is 12.2 Å². The Hall–Kier alpha value is -1.07. The molecule has 2 aliphatic rings. The second kappa shape index (κ2) is 4.49. The van der Waals surface area contributed by atoms with Crippen LogP contribution in [0.3, 0.4) is 0 Å². The van der Waals surface area contributed by atoms with Gasteiger partial charge < -0.3 is 19.1 Å². The third-order valence-corrected chi connectivity index (χ3v) is 3.03. The normalized spacial score (nSPS) is 30.2. The number of piperidine rings is 1. The molecule has 0 spiro atoms. The third-order valence-electron chi connectivity index (χ3n) is 3.03. The summed E-state index contributed by atoms with van der Waals surface area (Å²) in [5, 5.41) is 0. The number of carbonyl (C=O) groups excluding carboxylic acids is 1. The van der Waals surface area contributed by atoms with Gasteiger partial charge in [-0.3, -0.25) is 0 Å². The number of rotatable bonds is 0. The Balaban J connectivity index is 2.04. The third kappa shape index (κ3) is 3.28. The lowest BCUT2D eigenvalue weighted by atomic mass is 10.0. The molecule has 1 amide bonds. The average Bonchev–Trinajstić information content (AvgIpc) is 2.50. The molecule has 108 valence electrons. The van der Waals surface area contributed by atoms with Crippen molar-refractivity contribution < 1.29 is 19.0 Å². The van der Waals surface area contributed by atoms with E-state index in [9.17, 15) is 4.79 Å². The van der Waals surface area contributed by atoms with Crippen LogP contribution in [0.1, 0.15) is 34.6 Å². The number of nitrogens with zero attached hydrogens (tertiary/aromatic N) is 1. The molecule has 0 aliphatic carbocycles. The van der Waals surface area contributed by atoms with Gasteiger partial charge >= 0.3 is 6.09 Å². The molecular weight excluding hydrogens is 246 g/mol. The summed E-state index contributed by atoms with van der Waals surface area (Å²) in [6.07, 6.45) is -0.627. The highest BCUT2D eigenvalue weighted by Gasteiger charge is 2.47. The SMILES string of the molecule is C=C1CN(C(=O)OC(C)(C)C)C[C@@H]2OC(C)(C)O[C@H]12. The van der Waals surface area contributed by atoms with Crippen molar-refractivity contribution in [1.82, 2.24) is 4.90 Å². The smallest absolute Gasteiger partial charge is 0.410 e. The van der Waals surface area contributed by atoms with Gasteiger partial charge in [-0.1, -0.05) is 6.58 Å². The van der Waals surface area contributed by atoms with Crippen molar-refractivity contribution in [3.63, 3.8) is 0 Å². The number of ether oxygens (including phenoxy) is 3. The van der Waals surface area contributed by atoms with E-state index in [0.29, 0.717) is 13.1 Å². The molecule has 5 heteroatoms. The van der Waals surface area contributed by atoms with Crippen molar-refractivity contribution >= 4 is 6.09 Å². The van der Waals surface area contributed by atoms with Gasteiger partial charge in [0.1, 0.15) is 17.8 Å². The molecule has 2 rings (SSSR count). The zero-order valence-corrected chi connectivity index (χ0v) is 12.4. The van der Waals surface area contributed by atoms with E-state index in [1.54, 1.807) is 4.90 Å². The summed E-state index contributed by atoms with van der Waals surface area (Å²) < 4.78 is 17.0. The topological polar surface area (TPSA) is 48.0 Å². The first-order chi connectivity index (χ1) is 8.57. The van der Waals surface area contributed by atoms with Crippen LogP contribution in [0.5, 0.6) is 0 Å². The van der Waals surface area contributed by atoms with Crippen molar-refractivity contribution in [3.8, 4) is 0 Å². The molecule has 2 heterocycles. The molecule has 0 aromatic heterocycles. The van der Waals surface area contributed by atoms with E-state index in [1.165, 1.54) is 0 Å². The lowest BCUT2D eigenvalue weighted by Crippen LogP contribution is -2.50. The van der Waals surface area contributed by atoms with Crippen LogP contribution in [0, 0.1) is 0 Å². The fourth-order valence-electron chi connectivity index (χ4n) is 2.40.